The Balaban J connectivity index is 1.33. The monoisotopic (exact) mass is 1460 g/mol. The maximum Gasteiger partial charge on any atom is 0.220 e. The number of nitrogens with one attached hydrogen (secondary N) is 1. The Kier molecular flexibility index (Phi) is 60.2. The third-order valence-electron chi connectivity index (χ3n) is 22.2. The first-order valence-corrected chi connectivity index (χ1v) is 43.3. The van der Waals surface area contributed by atoms with Gasteiger partial charge in [0.2, 0.25) is 5.91 Å². The first-order chi connectivity index (χ1) is 49.8. The molecule has 3 saturated heterocycles. The van der Waals surface area contributed by atoms with E-state index in [4.69, 9.17) is 28.4 Å². The largest absolute Gasteiger partial charge is 0.394 e. The van der Waals surface area contributed by atoms with Gasteiger partial charge in [-0.2, -0.15) is 0 Å². The molecule has 0 aliphatic carbocycles. The van der Waals surface area contributed by atoms with Crippen LogP contribution in [-0.4, -0.2) is 193 Å². The normalized spacial score (nSPS) is 26.1. The maximum atomic E-state index is 13.5. The van der Waals surface area contributed by atoms with E-state index in [-0.39, 0.29) is 18.9 Å². The van der Waals surface area contributed by atoms with E-state index in [0.29, 0.717) is 12.8 Å². The number of hydrogen-bond acceptors (Lipinski definition) is 18. The molecule has 0 bridgehead atoms. The molecule has 12 N–H and O–H groups in total. The van der Waals surface area contributed by atoms with Crippen molar-refractivity contribution < 1.29 is 89.4 Å². The number of carbonyl (C=O) groups is 1. The fraction of sp³-hybridized carbons (Fsp3) is 0.988. The summed E-state index contributed by atoms with van der Waals surface area (Å²) in [5.74, 6) is -0.231. The van der Waals surface area contributed by atoms with Crippen LogP contribution in [0.2, 0.25) is 0 Å². The van der Waals surface area contributed by atoms with Gasteiger partial charge in [-0.05, 0) is 12.8 Å². The summed E-state index contributed by atoms with van der Waals surface area (Å²) in [5, 5.41) is 121. The van der Waals surface area contributed by atoms with Crippen LogP contribution in [0.1, 0.15) is 393 Å². The lowest BCUT2D eigenvalue weighted by atomic mass is 9.96. The fourth-order valence-electron chi connectivity index (χ4n) is 15.3. The van der Waals surface area contributed by atoms with Crippen LogP contribution in [-0.2, 0) is 33.2 Å². The number of ether oxygens (including phenoxy) is 6. The Morgan fingerprint density at radius 2 is 0.559 bits per heavy atom. The molecule has 0 aromatic heterocycles. The van der Waals surface area contributed by atoms with E-state index in [1.54, 1.807) is 0 Å². The molecule has 0 radical (unpaired) electrons. The summed E-state index contributed by atoms with van der Waals surface area (Å²) >= 11 is 0. The molecule has 102 heavy (non-hydrogen) atoms. The van der Waals surface area contributed by atoms with Gasteiger partial charge >= 0.3 is 0 Å². The lowest BCUT2D eigenvalue weighted by molar-refractivity contribution is -0.379. The van der Waals surface area contributed by atoms with Crippen LogP contribution in [0.4, 0.5) is 0 Å². The number of carbonyl (C=O) groups excluding carboxylic acids is 1. The van der Waals surface area contributed by atoms with Crippen molar-refractivity contribution in [1.29, 1.82) is 0 Å². The molecule has 3 aliphatic heterocycles. The molecule has 1 amide bonds. The summed E-state index contributed by atoms with van der Waals surface area (Å²) in [5.41, 5.74) is 0. The first-order valence-electron chi connectivity index (χ1n) is 43.3. The summed E-state index contributed by atoms with van der Waals surface area (Å²) in [7, 11) is 0. The van der Waals surface area contributed by atoms with Crippen molar-refractivity contribution in [2.24, 2.45) is 0 Å². The first kappa shape index (κ1) is 95.0. The zero-order chi connectivity index (χ0) is 73.9. The highest BCUT2D eigenvalue weighted by atomic mass is 16.8. The summed E-state index contributed by atoms with van der Waals surface area (Å²) in [6.45, 7) is 1.89. The number of unbranched alkanes of at least 4 members (excludes halogenated alkanes) is 55. The minimum atomic E-state index is -1.97. The van der Waals surface area contributed by atoms with Gasteiger partial charge in [0.05, 0.1) is 38.6 Å². The minimum absolute atomic E-state index is 0.231. The molecule has 3 heterocycles. The van der Waals surface area contributed by atoms with E-state index in [1.807, 2.05) is 0 Å². The molecular weight excluding hydrogens is 1300 g/mol. The van der Waals surface area contributed by atoms with Crippen LogP contribution in [0.15, 0.2) is 0 Å². The van der Waals surface area contributed by atoms with Crippen molar-refractivity contribution in [2.75, 3.05) is 26.4 Å². The van der Waals surface area contributed by atoms with Crippen molar-refractivity contribution in [3.05, 3.63) is 0 Å². The van der Waals surface area contributed by atoms with Crippen LogP contribution < -0.4 is 5.32 Å². The molecule has 0 aromatic carbocycles. The Morgan fingerprint density at radius 1 is 0.314 bits per heavy atom. The zero-order valence-corrected chi connectivity index (χ0v) is 65.1. The molecule has 3 aliphatic rings. The molecular formula is C83H161NO18. The lowest BCUT2D eigenvalue weighted by Crippen LogP contribution is -2.66. The second kappa shape index (κ2) is 64.6. The molecule has 0 spiro atoms. The molecule has 17 atom stereocenters. The van der Waals surface area contributed by atoms with Gasteiger partial charge in [0, 0.05) is 6.42 Å². The molecule has 19 nitrogen and oxygen atoms in total. The van der Waals surface area contributed by atoms with Crippen LogP contribution in [0.3, 0.4) is 0 Å². The summed E-state index contributed by atoms with van der Waals surface area (Å²) in [4.78, 5) is 13.5. The van der Waals surface area contributed by atoms with Gasteiger partial charge in [-0.1, -0.05) is 373 Å². The maximum absolute atomic E-state index is 13.5. The Hall–Kier alpha value is -1.21. The summed E-state index contributed by atoms with van der Waals surface area (Å²) in [6.07, 6.45) is 49.2. The topological polar surface area (TPSA) is 307 Å². The van der Waals surface area contributed by atoms with E-state index in [0.717, 1.165) is 44.9 Å². The van der Waals surface area contributed by atoms with E-state index < -0.39 is 124 Å². The van der Waals surface area contributed by atoms with E-state index in [9.17, 15) is 61.0 Å². The highest BCUT2D eigenvalue weighted by Crippen LogP contribution is 2.34. The zero-order valence-electron chi connectivity index (χ0n) is 65.1. The SMILES string of the molecule is CCCCCCCCCCCCCCCCCCCCCCCCCCCCCCCCCCC(=O)NC(COC1OC(CO)C(OC2OC(CO)C(OC3OC(CO)C(O)C(O)C3O)C(O)C2O)C(O)C1O)C(O)CCCCCCCCCCCCCCCCCCCCCCCCCCC. The quantitative estimate of drug-likeness (QED) is 0.0252. The van der Waals surface area contributed by atoms with Crippen molar-refractivity contribution in [3.8, 4) is 0 Å². The van der Waals surface area contributed by atoms with Crippen LogP contribution in [0, 0.1) is 0 Å². The molecule has 3 fully saturated rings. The van der Waals surface area contributed by atoms with Crippen molar-refractivity contribution in [2.45, 2.75) is 497 Å². The molecule has 0 saturated carbocycles. The fourth-order valence-corrected chi connectivity index (χ4v) is 15.3. The average molecular weight is 1460 g/mol. The second-order valence-corrected chi connectivity index (χ2v) is 31.4. The van der Waals surface area contributed by atoms with Gasteiger partial charge in [-0.15, -0.1) is 0 Å². The van der Waals surface area contributed by atoms with Gasteiger partial charge in [-0.3, -0.25) is 4.79 Å². The third kappa shape index (κ3) is 43.8. The highest BCUT2D eigenvalue weighted by molar-refractivity contribution is 5.76. The van der Waals surface area contributed by atoms with Crippen molar-refractivity contribution >= 4 is 5.91 Å². The van der Waals surface area contributed by atoms with Gasteiger partial charge in [0.1, 0.15) is 73.2 Å². The Morgan fingerprint density at radius 3 is 0.853 bits per heavy atom. The lowest BCUT2D eigenvalue weighted by Gasteiger charge is -2.48. The minimum Gasteiger partial charge on any atom is -0.394 e. The smallest absolute Gasteiger partial charge is 0.220 e. The van der Waals surface area contributed by atoms with Crippen LogP contribution >= 0.6 is 0 Å². The predicted octanol–water partition coefficient (Wildman–Crippen LogP) is 15.4. The predicted molar refractivity (Wildman–Crippen MR) is 407 cm³/mol. The second-order valence-electron chi connectivity index (χ2n) is 31.4. The number of aliphatic hydroxyl groups excluding tert-OH is 11. The summed E-state index contributed by atoms with van der Waals surface area (Å²) in [6, 6.07) is -0.884. The molecule has 0 aromatic rings. The van der Waals surface area contributed by atoms with Crippen molar-refractivity contribution in [1.82, 2.24) is 5.32 Å². The molecule has 606 valence electrons. The average Bonchev–Trinajstić information content (AvgIpc) is 0.781. The van der Waals surface area contributed by atoms with Gasteiger partial charge in [0.25, 0.3) is 0 Å². The molecule has 3 rings (SSSR count). The number of hydrogen-bond donors (Lipinski definition) is 12. The van der Waals surface area contributed by atoms with Gasteiger partial charge in [-0.25, -0.2) is 0 Å². The Labute approximate surface area is 621 Å². The van der Waals surface area contributed by atoms with Gasteiger partial charge in [0.15, 0.2) is 18.9 Å². The highest BCUT2D eigenvalue weighted by Gasteiger charge is 2.54. The molecule has 19 heteroatoms. The van der Waals surface area contributed by atoms with E-state index in [2.05, 4.69) is 19.2 Å². The van der Waals surface area contributed by atoms with Crippen LogP contribution in [0.25, 0.3) is 0 Å². The van der Waals surface area contributed by atoms with Crippen LogP contribution in [0.5, 0.6) is 0 Å². The molecule has 17 unspecified atom stereocenters. The van der Waals surface area contributed by atoms with Gasteiger partial charge < -0.3 is 89.9 Å². The number of amides is 1. The number of aliphatic hydroxyl groups is 11. The Bertz CT molecular complexity index is 1840. The van der Waals surface area contributed by atoms with Crippen molar-refractivity contribution in [3.63, 3.8) is 0 Å². The number of rotatable bonds is 71. The third-order valence-corrected chi connectivity index (χ3v) is 22.2. The van der Waals surface area contributed by atoms with E-state index in [1.165, 1.54) is 315 Å². The van der Waals surface area contributed by atoms with E-state index >= 15 is 0 Å². The summed E-state index contributed by atoms with van der Waals surface area (Å²) < 4.78 is 34.6. The standard InChI is InChI=1S/C83H161NO18/c1-3-5-7-9-11-13-15-17-19-21-23-25-27-29-30-31-32-33-34-35-37-39-41-43-45-47-49-51-53-55-57-59-61-71(89)84-66(67(88)60-58-56-54-52-50-48-46-44-42-40-38-36-28-26-24-22-20-18-16-14-12-10-8-6-4-2)65-97-81-77(95)74(92)79(69(63-86)99-81)102-83-78(96)75(93)80(70(64-87)100-83)101-82-76(94)73(91)72(90)68(62-85)98-82/h66-70,72-83,85-88,90-96H,3-65H2,1-2H3,(H,84,89).